The first-order valence-corrected chi connectivity index (χ1v) is 8.31. The molecule has 0 radical (unpaired) electrons. The van der Waals surface area contributed by atoms with Crippen molar-refractivity contribution in [2.24, 2.45) is 0 Å². The van der Waals surface area contributed by atoms with Crippen LogP contribution in [0.3, 0.4) is 0 Å². The van der Waals surface area contributed by atoms with E-state index in [1.807, 2.05) is 0 Å². The highest BCUT2D eigenvalue weighted by atomic mass is 32.2. The predicted octanol–water partition coefficient (Wildman–Crippen LogP) is 3.80. The van der Waals surface area contributed by atoms with E-state index in [2.05, 4.69) is 4.72 Å². The molecule has 2 rings (SSSR count). The van der Waals surface area contributed by atoms with Crippen molar-refractivity contribution < 1.29 is 21.6 Å². The molecule has 0 amide bonds. The van der Waals surface area contributed by atoms with Crippen LogP contribution in [0.15, 0.2) is 47.4 Å². The highest BCUT2D eigenvalue weighted by Gasteiger charge is 2.30. The van der Waals surface area contributed by atoms with Gasteiger partial charge in [-0.3, -0.25) is 0 Å². The summed E-state index contributed by atoms with van der Waals surface area (Å²) in [6.45, 7) is 3.23. The molecule has 0 fully saturated rings. The summed E-state index contributed by atoms with van der Waals surface area (Å²) in [5, 5.41) is 0. The van der Waals surface area contributed by atoms with Crippen LogP contribution in [0, 0.1) is 13.8 Å². The number of rotatable bonds is 4. The van der Waals surface area contributed by atoms with E-state index in [1.54, 1.807) is 26.0 Å². The number of alkyl halides is 3. The average molecular weight is 343 g/mol. The van der Waals surface area contributed by atoms with Crippen LogP contribution in [0.5, 0.6) is 0 Å². The molecule has 0 aliphatic rings. The van der Waals surface area contributed by atoms with Crippen molar-refractivity contribution >= 4 is 10.0 Å². The van der Waals surface area contributed by atoms with Crippen LogP contribution < -0.4 is 4.72 Å². The minimum atomic E-state index is -4.46. The average Bonchev–Trinajstić information content (AvgIpc) is 2.47. The fourth-order valence-corrected chi connectivity index (χ4v) is 3.46. The van der Waals surface area contributed by atoms with Crippen LogP contribution in [-0.4, -0.2) is 8.42 Å². The number of hydrogen-bond donors (Lipinski definition) is 1. The van der Waals surface area contributed by atoms with Crippen LogP contribution in [0.4, 0.5) is 13.2 Å². The van der Waals surface area contributed by atoms with Crippen molar-refractivity contribution in [2.45, 2.75) is 31.5 Å². The summed E-state index contributed by atoms with van der Waals surface area (Å²) in [4.78, 5) is 0.129. The lowest BCUT2D eigenvalue weighted by Crippen LogP contribution is -2.24. The van der Waals surface area contributed by atoms with E-state index in [1.165, 1.54) is 18.2 Å². The molecule has 7 heteroatoms. The summed E-state index contributed by atoms with van der Waals surface area (Å²) in [5.41, 5.74) is 0.803. The molecule has 2 aromatic carbocycles. The number of nitrogens with one attached hydrogen (secondary N) is 1. The van der Waals surface area contributed by atoms with Crippen molar-refractivity contribution in [3.05, 3.63) is 64.7 Å². The van der Waals surface area contributed by atoms with Crippen LogP contribution >= 0.6 is 0 Å². The van der Waals surface area contributed by atoms with Gasteiger partial charge in [0, 0.05) is 6.54 Å². The fourth-order valence-electron chi connectivity index (χ4n) is 2.11. The standard InChI is InChI=1S/C16H16F3NO2S/c1-11-6-7-12(2)15(8-11)23(21,22)20-10-13-4-3-5-14(9-13)16(17,18)19/h3-9,20H,10H2,1-2H3. The Morgan fingerprint density at radius 2 is 1.74 bits per heavy atom. The quantitative estimate of drug-likeness (QED) is 0.918. The monoisotopic (exact) mass is 343 g/mol. The Hall–Kier alpha value is -1.86. The van der Waals surface area contributed by atoms with Gasteiger partial charge in [0.15, 0.2) is 0 Å². The van der Waals surface area contributed by atoms with Crippen LogP contribution in [-0.2, 0) is 22.7 Å². The van der Waals surface area contributed by atoms with Gasteiger partial charge >= 0.3 is 6.18 Å². The third-order valence-corrected chi connectivity index (χ3v) is 4.90. The number of hydrogen-bond acceptors (Lipinski definition) is 2. The minimum absolute atomic E-state index is 0.129. The smallest absolute Gasteiger partial charge is 0.207 e. The maximum Gasteiger partial charge on any atom is 0.416 e. The van der Waals surface area contributed by atoms with E-state index in [4.69, 9.17) is 0 Å². The summed E-state index contributed by atoms with van der Waals surface area (Å²) in [6.07, 6.45) is -4.46. The fraction of sp³-hybridized carbons (Fsp3) is 0.250. The summed E-state index contributed by atoms with van der Waals surface area (Å²) in [5.74, 6) is 0. The Bertz CT molecular complexity index is 814. The van der Waals surface area contributed by atoms with E-state index >= 15 is 0 Å². The molecule has 124 valence electrons. The Morgan fingerprint density at radius 1 is 1.04 bits per heavy atom. The van der Waals surface area contributed by atoms with Crippen LogP contribution in [0.2, 0.25) is 0 Å². The normalized spacial score (nSPS) is 12.4. The number of aryl methyl sites for hydroxylation is 2. The van der Waals surface area contributed by atoms with Gasteiger partial charge in [-0.25, -0.2) is 13.1 Å². The second-order valence-electron chi connectivity index (χ2n) is 5.29. The second kappa shape index (κ2) is 6.33. The summed E-state index contributed by atoms with van der Waals surface area (Å²) >= 11 is 0. The zero-order chi connectivity index (χ0) is 17.3. The largest absolute Gasteiger partial charge is 0.416 e. The molecule has 0 saturated carbocycles. The van der Waals surface area contributed by atoms with Crippen LogP contribution in [0.1, 0.15) is 22.3 Å². The molecule has 0 aliphatic heterocycles. The first kappa shape index (κ1) is 17.5. The zero-order valence-electron chi connectivity index (χ0n) is 12.6. The molecule has 1 N–H and O–H groups in total. The third kappa shape index (κ3) is 4.33. The first-order valence-electron chi connectivity index (χ1n) is 6.83. The maximum absolute atomic E-state index is 12.7. The van der Waals surface area contributed by atoms with Crippen molar-refractivity contribution in [3.8, 4) is 0 Å². The Morgan fingerprint density at radius 3 is 2.39 bits per heavy atom. The highest BCUT2D eigenvalue weighted by molar-refractivity contribution is 7.89. The summed E-state index contributed by atoms with van der Waals surface area (Å²) < 4.78 is 65.0. The topological polar surface area (TPSA) is 46.2 Å². The first-order chi connectivity index (χ1) is 10.6. The van der Waals surface area contributed by atoms with Crippen molar-refractivity contribution in [3.63, 3.8) is 0 Å². The molecule has 23 heavy (non-hydrogen) atoms. The van der Waals surface area contributed by atoms with Gasteiger partial charge in [-0.15, -0.1) is 0 Å². The van der Waals surface area contributed by atoms with Gasteiger partial charge in [-0.2, -0.15) is 13.2 Å². The molecular formula is C16H16F3NO2S. The molecule has 0 spiro atoms. The summed E-state index contributed by atoms with van der Waals surface area (Å²) in [6, 6.07) is 9.60. The van der Waals surface area contributed by atoms with Crippen molar-refractivity contribution in [1.29, 1.82) is 0 Å². The van der Waals surface area contributed by atoms with Crippen molar-refractivity contribution in [2.75, 3.05) is 0 Å². The van der Waals surface area contributed by atoms with E-state index < -0.39 is 21.8 Å². The number of benzene rings is 2. The molecule has 0 atom stereocenters. The van der Waals surface area contributed by atoms with E-state index in [-0.39, 0.29) is 17.0 Å². The molecule has 0 bridgehead atoms. The lowest BCUT2D eigenvalue weighted by atomic mass is 10.1. The van der Waals surface area contributed by atoms with Gasteiger partial charge in [0.2, 0.25) is 10.0 Å². The Kier molecular flexibility index (Phi) is 4.81. The van der Waals surface area contributed by atoms with Gasteiger partial charge in [0.05, 0.1) is 10.5 Å². The van der Waals surface area contributed by atoms with E-state index in [0.717, 1.165) is 17.7 Å². The Balaban J connectivity index is 2.22. The van der Waals surface area contributed by atoms with Gasteiger partial charge in [-0.05, 0) is 42.7 Å². The molecule has 0 aromatic heterocycles. The zero-order valence-corrected chi connectivity index (χ0v) is 13.4. The molecule has 0 heterocycles. The molecule has 0 unspecified atom stereocenters. The molecule has 0 saturated heterocycles. The molecule has 2 aromatic rings. The van der Waals surface area contributed by atoms with Gasteiger partial charge in [0.25, 0.3) is 0 Å². The van der Waals surface area contributed by atoms with Gasteiger partial charge < -0.3 is 0 Å². The van der Waals surface area contributed by atoms with Gasteiger partial charge in [-0.1, -0.05) is 30.3 Å². The maximum atomic E-state index is 12.7. The molecular weight excluding hydrogens is 327 g/mol. The predicted molar refractivity (Wildman–Crippen MR) is 81.4 cm³/mol. The minimum Gasteiger partial charge on any atom is -0.207 e. The van der Waals surface area contributed by atoms with E-state index in [9.17, 15) is 21.6 Å². The molecule has 0 aliphatic carbocycles. The second-order valence-corrected chi connectivity index (χ2v) is 7.03. The van der Waals surface area contributed by atoms with Crippen LogP contribution in [0.25, 0.3) is 0 Å². The summed E-state index contributed by atoms with van der Waals surface area (Å²) in [7, 11) is -3.79. The lowest BCUT2D eigenvalue weighted by Gasteiger charge is -2.12. The highest BCUT2D eigenvalue weighted by Crippen LogP contribution is 2.29. The van der Waals surface area contributed by atoms with Gasteiger partial charge in [0.1, 0.15) is 0 Å². The lowest BCUT2D eigenvalue weighted by molar-refractivity contribution is -0.137. The van der Waals surface area contributed by atoms with Crippen molar-refractivity contribution in [1.82, 2.24) is 4.72 Å². The SMILES string of the molecule is Cc1ccc(C)c(S(=O)(=O)NCc2cccc(C(F)(F)F)c2)c1. The number of halogens is 3. The number of sulfonamides is 1. The Labute approximate surface area is 133 Å². The molecule has 3 nitrogen and oxygen atoms in total. The van der Waals surface area contributed by atoms with E-state index in [0.29, 0.717) is 5.56 Å². The third-order valence-electron chi connectivity index (χ3n) is 3.35.